The molecule has 0 heterocycles. The molecule has 0 saturated carbocycles. The Hall–Kier alpha value is -1.03. The van der Waals surface area contributed by atoms with Crippen molar-refractivity contribution >= 4 is 17.7 Å². The second-order valence-electron chi connectivity index (χ2n) is 2.34. The summed E-state index contributed by atoms with van der Waals surface area (Å²) >= 11 is 1.42. The molecule has 1 rings (SSSR count). The van der Waals surface area contributed by atoms with Crippen LogP contribution in [-0.2, 0) is 4.74 Å². The number of benzene rings is 1. The van der Waals surface area contributed by atoms with Crippen molar-refractivity contribution in [2.24, 2.45) is 0 Å². The maximum absolute atomic E-state index is 13.2. The monoisotopic (exact) mass is 200 g/mol. The minimum absolute atomic E-state index is 0.0275. The van der Waals surface area contributed by atoms with Gasteiger partial charge in [-0.25, -0.2) is 9.18 Å². The van der Waals surface area contributed by atoms with Crippen LogP contribution < -0.4 is 0 Å². The third-order valence-electron chi connectivity index (χ3n) is 1.58. The van der Waals surface area contributed by atoms with E-state index < -0.39 is 11.8 Å². The lowest BCUT2D eigenvalue weighted by Gasteiger charge is -2.02. The van der Waals surface area contributed by atoms with E-state index in [1.54, 1.807) is 6.07 Å². The molecule has 0 aliphatic rings. The molecule has 0 unspecified atom stereocenters. The summed E-state index contributed by atoms with van der Waals surface area (Å²) in [7, 11) is 1.23. The van der Waals surface area contributed by atoms with Crippen LogP contribution in [0.4, 0.5) is 4.39 Å². The highest BCUT2D eigenvalue weighted by Crippen LogP contribution is 2.18. The van der Waals surface area contributed by atoms with Gasteiger partial charge in [0.15, 0.2) is 0 Å². The molecule has 0 saturated heterocycles. The first-order chi connectivity index (χ1) is 6.19. The summed E-state index contributed by atoms with van der Waals surface area (Å²) < 4.78 is 17.6. The molecule has 1 aromatic carbocycles. The number of hydrogen-bond donors (Lipinski definition) is 0. The summed E-state index contributed by atoms with van der Waals surface area (Å²) in [4.78, 5) is 11.7. The number of rotatable bonds is 2. The Bertz CT molecular complexity index is 325. The van der Waals surface area contributed by atoms with Crippen LogP contribution in [0.1, 0.15) is 10.4 Å². The third kappa shape index (κ3) is 2.21. The van der Waals surface area contributed by atoms with Crippen molar-refractivity contribution in [2.75, 3.05) is 13.4 Å². The zero-order valence-electron chi connectivity index (χ0n) is 7.33. The Balaban J connectivity index is 3.05. The van der Waals surface area contributed by atoms with E-state index in [1.807, 2.05) is 6.26 Å². The summed E-state index contributed by atoms with van der Waals surface area (Å²) in [5.41, 5.74) is -0.0275. The van der Waals surface area contributed by atoms with E-state index in [-0.39, 0.29) is 5.56 Å². The molecular weight excluding hydrogens is 191 g/mol. The third-order valence-corrected chi connectivity index (χ3v) is 2.31. The van der Waals surface area contributed by atoms with Gasteiger partial charge in [-0.15, -0.1) is 11.8 Å². The van der Waals surface area contributed by atoms with Crippen LogP contribution in [0.2, 0.25) is 0 Å². The van der Waals surface area contributed by atoms with E-state index in [1.165, 1.54) is 31.0 Å². The largest absolute Gasteiger partial charge is 0.465 e. The Morgan fingerprint density at radius 2 is 2.23 bits per heavy atom. The zero-order valence-corrected chi connectivity index (χ0v) is 8.15. The van der Waals surface area contributed by atoms with Crippen molar-refractivity contribution in [3.8, 4) is 0 Å². The molecule has 13 heavy (non-hydrogen) atoms. The SMILES string of the molecule is COC(=O)c1ccc(SC)cc1F. The van der Waals surface area contributed by atoms with E-state index in [9.17, 15) is 9.18 Å². The standard InChI is InChI=1S/C9H9FO2S/c1-12-9(11)7-4-3-6(13-2)5-8(7)10/h3-5H,1-2H3. The van der Waals surface area contributed by atoms with Gasteiger partial charge in [0.2, 0.25) is 0 Å². The van der Waals surface area contributed by atoms with E-state index >= 15 is 0 Å². The molecule has 0 aromatic heterocycles. The van der Waals surface area contributed by atoms with Crippen molar-refractivity contribution in [1.82, 2.24) is 0 Å². The molecule has 1 aromatic rings. The molecule has 0 aliphatic heterocycles. The molecule has 2 nitrogen and oxygen atoms in total. The number of hydrogen-bond acceptors (Lipinski definition) is 3. The number of esters is 1. The van der Waals surface area contributed by atoms with Crippen LogP contribution in [-0.4, -0.2) is 19.3 Å². The van der Waals surface area contributed by atoms with Gasteiger partial charge in [0.05, 0.1) is 12.7 Å². The van der Waals surface area contributed by atoms with E-state index in [4.69, 9.17) is 0 Å². The first-order valence-electron chi connectivity index (χ1n) is 3.61. The number of carbonyl (C=O) groups excluding carboxylic acids is 1. The Morgan fingerprint density at radius 3 is 2.69 bits per heavy atom. The van der Waals surface area contributed by atoms with Crippen molar-refractivity contribution in [3.05, 3.63) is 29.6 Å². The molecule has 0 fully saturated rings. The van der Waals surface area contributed by atoms with Crippen LogP contribution in [0, 0.1) is 5.82 Å². The fourth-order valence-corrected chi connectivity index (χ4v) is 1.32. The van der Waals surface area contributed by atoms with Crippen molar-refractivity contribution in [1.29, 1.82) is 0 Å². The van der Waals surface area contributed by atoms with E-state index in [0.717, 1.165) is 4.90 Å². The minimum atomic E-state index is -0.648. The zero-order chi connectivity index (χ0) is 9.84. The molecular formula is C9H9FO2S. The van der Waals surface area contributed by atoms with Crippen LogP contribution in [0.25, 0.3) is 0 Å². The van der Waals surface area contributed by atoms with Crippen LogP contribution in [0.5, 0.6) is 0 Å². The van der Waals surface area contributed by atoms with Gasteiger partial charge in [0.25, 0.3) is 0 Å². The summed E-state index contributed by atoms with van der Waals surface area (Å²) in [6.45, 7) is 0. The molecule has 0 amide bonds. The van der Waals surface area contributed by atoms with Crippen molar-refractivity contribution < 1.29 is 13.9 Å². The molecule has 70 valence electrons. The van der Waals surface area contributed by atoms with Gasteiger partial charge in [-0.2, -0.15) is 0 Å². The lowest BCUT2D eigenvalue weighted by Crippen LogP contribution is -2.03. The normalized spacial score (nSPS) is 9.77. The Kier molecular flexibility index (Phi) is 3.31. The van der Waals surface area contributed by atoms with E-state index in [0.29, 0.717) is 0 Å². The average Bonchev–Trinajstić information content (AvgIpc) is 2.16. The predicted octanol–water partition coefficient (Wildman–Crippen LogP) is 2.33. The summed E-state index contributed by atoms with van der Waals surface area (Å²) in [5.74, 6) is -1.19. The van der Waals surface area contributed by atoms with Gasteiger partial charge in [-0.05, 0) is 24.5 Å². The highest BCUT2D eigenvalue weighted by Gasteiger charge is 2.11. The number of halogens is 1. The maximum atomic E-state index is 13.2. The lowest BCUT2D eigenvalue weighted by molar-refractivity contribution is 0.0595. The lowest BCUT2D eigenvalue weighted by atomic mass is 10.2. The van der Waals surface area contributed by atoms with Gasteiger partial charge < -0.3 is 4.74 Å². The minimum Gasteiger partial charge on any atom is -0.465 e. The van der Waals surface area contributed by atoms with Gasteiger partial charge in [0.1, 0.15) is 5.82 Å². The van der Waals surface area contributed by atoms with Gasteiger partial charge >= 0.3 is 5.97 Å². The Labute approximate surface area is 80.1 Å². The summed E-state index contributed by atoms with van der Waals surface area (Å²) in [6.07, 6.45) is 1.84. The first-order valence-corrected chi connectivity index (χ1v) is 4.83. The fraction of sp³-hybridized carbons (Fsp3) is 0.222. The Morgan fingerprint density at radius 1 is 1.54 bits per heavy atom. The molecule has 0 atom stereocenters. The molecule has 4 heteroatoms. The number of thioether (sulfide) groups is 1. The predicted molar refractivity (Wildman–Crippen MR) is 49.5 cm³/mol. The first kappa shape index (κ1) is 10.1. The molecule has 0 radical (unpaired) electrons. The van der Waals surface area contributed by atoms with Crippen molar-refractivity contribution in [2.45, 2.75) is 4.90 Å². The molecule has 0 aliphatic carbocycles. The van der Waals surface area contributed by atoms with Crippen LogP contribution >= 0.6 is 11.8 Å². The summed E-state index contributed by atoms with van der Waals surface area (Å²) in [6, 6.07) is 4.42. The van der Waals surface area contributed by atoms with Crippen LogP contribution in [0.3, 0.4) is 0 Å². The highest BCUT2D eigenvalue weighted by molar-refractivity contribution is 7.98. The van der Waals surface area contributed by atoms with Crippen molar-refractivity contribution in [3.63, 3.8) is 0 Å². The highest BCUT2D eigenvalue weighted by atomic mass is 32.2. The van der Waals surface area contributed by atoms with Gasteiger partial charge in [0, 0.05) is 4.90 Å². The molecule has 0 bridgehead atoms. The van der Waals surface area contributed by atoms with E-state index in [2.05, 4.69) is 4.74 Å². The second kappa shape index (κ2) is 4.28. The fourth-order valence-electron chi connectivity index (χ4n) is 0.898. The smallest absolute Gasteiger partial charge is 0.340 e. The molecule has 0 N–H and O–H groups in total. The second-order valence-corrected chi connectivity index (χ2v) is 3.22. The summed E-state index contributed by atoms with van der Waals surface area (Å²) in [5, 5.41) is 0. The van der Waals surface area contributed by atoms with Gasteiger partial charge in [-0.3, -0.25) is 0 Å². The maximum Gasteiger partial charge on any atom is 0.340 e. The number of methoxy groups -OCH3 is 1. The quantitative estimate of drug-likeness (QED) is 0.541. The topological polar surface area (TPSA) is 26.3 Å². The average molecular weight is 200 g/mol. The number of ether oxygens (including phenoxy) is 1. The number of carbonyl (C=O) groups is 1. The van der Waals surface area contributed by atoms with Gasteiger partial charge in [-0.1, -0.05) is 0 Å². The molecule has 0 spiro atoms. The van der Waals surface area contributed by atoms with Crippen LogP contribution in [0.15, 0.2) is 23.1 Å².